The highest BCUT2D eigenvalue weighted by molar-refractivity contribution is 6.24. The largest absolute Gasteiger partial charge is 0.313 e. The van der Waals surface area contributed by atoms with Gasteiger partial charge in [0.2, 0.25) is 0 Å². The van der Waals surface area contributed by atoms with Crippen LogP contribution in [0, 0.1) is 0 Å². The summed E-state index contributed by atoms with van der Waals surface area (Å²) in [6.45, 7) is 0. The molecule has 456 valence electrons. The molecule has 0 saturated carbocycles. The third-order valence-electron chi connectivity index (χ3n) is 21.0. The molecular formula is C92H58N6. The fourth-order valence-corrected chi connectivity index (χ4v) is 17.1. The maximum atomic E-state index is 5.87. The lowest BCUT2D eigenvalue weighted by atomic mass is 9.87. The molecule has 0 N–H and O–H groups in total. The lowest BCUT2D eigenvalue weighted by Gasteiger charge is -2.19. The molecule has 6 heteroatoms. The van der Waals surface area contributed by atoms with Crippen LogP contribution in [0.2, 0.25) is 0 Å². The topological polar surface area (TPSA) is 45.5 Å². The molecule has 14 aromatic carbocycles. The molecule has 2 aliphatic rings. The van der Waals surface area contributed by atoms with Gasteiger partial charge in [0, 0.05) is 94.0 Å². The van der Waals surface area contributed by atoms with Gasteiger partial charge in [-0.25, -0.2) is 9.97 Å². The second-order valence-electron chi connectivity index (χ2n) is 26.1. The Morgan fingerprint density at radius 1 is 0.245 bits per heavy atom. The Labute approximate surface area is 564 Å². The van der Waals surface area contributed by atoms with Crippen LogP contribution in [0.5, 0.6) is 0 Å². The summed E-state index contributed by atoms with van der Waals surface area (Å²) in [6, 6.07) is 118. The SMILES string of the molecule is C1=C(c2cccc3c2c2ccccc2n3-c2cccc(-c3nc(-c4cccc(-n5c6ccccc6c6c(-c7cccc8c7c7ccccc7n8-c7ccccc7)cccc65)c4)nc4c3-c3ccc(-c5ccccc5)c5cccc-4c35)c2)c2c(n(-c3ccccc3)c3ccccc23)CC1. The smallest absolute Gasteiger partial charge is 0.160 e. The lowest BCUT2D eigenvalue weighted by Crippen LogP contribution is -2.06. The first-order chi connectivity index (χ1) is 48.7. The van der Waals surface area contributed by atoms with Gasteiger partial charge >= 0.3 is 0 Å². The van der Waals surface area contributed by atoms with Crippen LogP contribution >= 0.6 is 0 Å². The van der Waals surface area contributed by atoms with Gasteiger partial charge < -0.3 is 18.3 Å². The van der Waals surface area contributed by atoms with E-state index in [1.807, 2.05) is 0 Å². The summed E-state index contributed by atoms with van der Waals surface area (Å²) in [7, 11) is 0. The Bertz CT molecular complexity index is 6600. The number of allylic oxidation sites excluding steroid dienone is 1. The Kier molecular flexibility index (Phi) is 11.8. The van der Waals surface area contributed by atoms with Crippen molar-refractivity contribution in [2.24, 2.45) is 0 Å². The minimum absolute atomic E-state index is 0.664. The molecule has 98 heavy (non-hydrogen) atoms. The molecule has 0 aliphatic heterocycles. The second kappa shape index (κ2) is 21.3. The van der Waals surface area contributed by atoms with E-state index in [9.17, 15) is 0 Å². The van der Waals surface area contributed by atoms with Crippen molar-refractivity contribution >= 4 is 92.7 Å². The van der Waals surface area contributed by atoms with Gasteiger partial charge in [0.25, 0.3) is 0 Å². The monoisotopic (exact) mass is 1250 g/mol. The number of nitrogens with zero attached hydrogens (tertiary/aromatic N) is 6. The van der Waals surface area contributed by atoms with Crippen molar-refractivity contribution in [2.45, 2.75) is 12.8 Å². The highest BCUT2D eigenvalue weighted by atomic mass is 15.0. The van der Waals surface area contributed by atoms with Crippen molar-refractivity contribution in [3.63, 3.8) is 0 Å². The van der Waals surface area contributed by atoms with Crippen molar-refractivity contribution in [1.29, 1.82) is 0 Å². The van der Waals surface area contributed by atoms with Gasteiger partial charge in [-0.15, -0.1) is 0 Å². The Morgan fingerprint density at radius 3 is 1.27 bits per heavy atom. The van der Waals surface area contributed by atoms with E-state index in [0.717, 1.165) is 91.2 Å². The van der Waals surface area contributed by atoms with E-state index < -0.39 is 0 Å². The molecule has 0 spiro atoms. The normalized spacial score (nSPS) is 12.7. The molecule has 0 radical (unpaired) electrons. The van der Waals surface area contributed by atoms with Gasteiger partial charge in [0.1, 0.15) is 0 Å². The van der Waals surface area contributed by atoms with E-state index >= 15 is 0 Å². The number of rotatable bonds is 9. The minimum Gasteiger partial charge on any atom is -0.313 e. The van der Waals surface area contributed by atoms with Crippen LogP contribution in [0.1, 0.15) is 23.2 Å². The average molecular weight is 1250 g/mol. The predicted molar refractivity (Wildman–Crippen MR) is 407 cm³/mol. The van der Waals surface area contributed by atoms with Crippen LogP contribution in [0.15, 0.2) is 328 Å². The standard InChI is InChI=1S/C92H58N6/c1-4-25-57(26-5-1)64-53-54-74-84-65(64)39-20-44-75(84)91-89(74)90(58-27-18-33-62(55-58)97-78-47-16-12-37-72(78)87-68(42-23-51-82(87)97)66-40-21-49-80-85(66)70-35-10-14-45-76(70)95(80)60-29-6-2-7-30-60)93-92(94-91)59-28-19-34-63(56-59)98-79-48-17-13-38-73(79)88-69(43-24-52-83(88)98)67-41-22-50-81-86(67)71-36-11-15-46-77(71)96(81)61-31-8-3-9-32-61/h1-20,22-48,50-56H,21,49H2. The van der Waals surface area contributed by atoms with Crippen molar-refractivity contribution in [2.75, 3.05) is 0 Å². The molecule has 2 aliphatic carbocycles. The molecule has 0 saturated heterocycles. The average Bonchev–Trinajstić information content (AvgIpc) is 1.57. The van der Waals surface area contributed by atoms with Crippen LogP contribution in [-0.2, 0) is 6.42 Å². The number of hydrogen-bond donors (Lipinski definition) is 0. The molecule has 6 nitrogen and oxygen atoms in total. The Hall–Kier alpha value is -12.9. The number of aromatic nitrogens is 6. The molecule has 0 fully saturated rings. The molecule has 0 atom stereocenters. The van der Waals surface area contributed by atoms with Gasteiger partial charge in [-0.05, 0) is 154 Å². The van der Waals surface area contributed by atoms with Gasteiger partial charge in [-0.2, -0.15) is 0 Å². The highest BCUT2D eigenvalue weighted by Gasteiger charge is 2.32. The molecule has 19 aromatic rings. The van der Waals surface area contributed by atoms with Crippen molar-refractivity contribution in [3.05, 3.63) is 344 Å². The zero-order valence-corrected chi connectivity index (χ0v) is 53.3. The van der Waals surface area contributed by atoms with E-state index in [-0.39, 0.29) is 0 Å². The molecule has 5 heterocycles. The first-order valence-corrected chi connectivity index (χ1v) is 33.9. The van der Waals surface area contributed by atoms with Crippen LogP contribution < -0.4 is 0 Å². The molecular weight excluding hydrogens is 1190 g/mol. The van der Waals surface area contributed by atoms with Gasteiger partial charge in [-0.1, -0.05) is 237 Å². The van der Waals surface area contributed by atoms with Crippen LogP contribution in [-0.4, -0.2) is 28.2 Å². The van der Waals surface area contributed by atoms with E-state index in [0.29, 0.717) is 5.82 Å². The van der Waals surface area contributed by atoms with E-state index in [1.165, 1.54) is 115 Å². The van der Waals surface area contributed by atoms with Gasteiger partial charge in [0.05, 0.1) is 50.0 Å². The molecule has 0 amide bonds. The summed E-state index contributed by atoms with van der Waals surface area (Å²) >= 11 is 0. The summed E-state index contributed by atoms with van der Waals surface area (Å²) in [5, 5.41) is 11.0. The zero-order valence-electron chi connectivity index (χ0n) is 53.3. The molecule has 5 aromatic heterocycles. The summed E-state index contributed by atoms with van der Waals surface area (Å²) in [6.07, 6.45) is 4.40. The quantitative estimate of drug-likeness (QED) is 0.145. The van der Waals surface area contributed by atoms with Crippen LogP contribution in [0.3, 0.4) is 0 Å². The lowest BCUT2D eigenvalue weighted by molar-refractivity contribution is 0.884. The first kappa shape index (κ1) is 54.5. The predicted octanol–water partition coefficient (Wildman–Crippen LogP) is 23.6. The van der Waals surface area contributed by atoms with Crippen molar-refractivity contribution < 1.29 is 0 Å². The minimum atomic E-state index is 0.664. The highest BCUT2D eigenvalue weighted by Crippen LogP contribution is 2.54. The number of fused-ring (bicyclic) bond motifs is 15. The molecule has 0 bridgehead atoms. The van der Waals surface area contributed by atoms with Crippen molar-refractivity contribution in [1.82, 2.24) is 28.2 Å². The fourth-order valence-electron chi connectivity index (χ4n) is 17.1. The molecule has 21 rings (SSSR count). The Morgan fingerprint density at radius 2 is 0.653 bits per heavy atom. The fraction of sp³-hybridized carbons (Fsp3) is 0.0217. The maximum absolute atomic E-state index is 5.87. The van der Waals surface area contributed by atoms with Crippen LogP contribution in [0.4, 0.5) is 0 Å². The van der Waals surface area contributed by atoms with Crippen molar-refractivity contribution in [3.8, 4) is 90.0 Å². The first-order valence-electron chi connectivity index (χ1n) is 33.9. The van der Waals surface area contributed by atoms with E-state index in [2.05, 4.69) is 346 Å². The second-order valence-corrected chi connectivity index (χ2v) is 26.1. The summed E-state index contributed by atoms with van der Waals surface area (Å²) in [4.78, 5) is 11.6. The Balaban J connectivity index is 0.748. The van der Waals surface area contributed by atoms with Gasteiger partial charge in [-0.3, -0.25) is 0 Å². The zero-order chi connectivity index (χ0) is 64.1. The number of benzene rings is 14. The number of hydrogen-bond acceptors (Lipinski definition) is 2. The summed E-state index contributed by atoms with van der Waals surface area (Å²) < 4.78 is 9.82. The molecule has 0 unspecified atom stereocenters. The maximum Gasteiger partial charge on any atom is 0.160 e. The summed E-state index contributed by atoms with van der Waals surface area (Å²) in [5.74, 6) is 0.664. The van der Waals surface area contributed by atoms with Crippen LogP contribution in [0.25, 0.3) is 183 Å². The summed E-state index contributed by atoms with van der Waals surface area (Å²) in [5.41, 5.74) is 29.6. The third-order valence-corrected chi connectivity index (χ3v) is 21.0. The van der Waals surface area contributed by atoms with Gasteiger partial charge in [0.15, 0.2) is 5.82 Å². The third kappa shape index (κ3) is 7.91. The number of para-hydroxylation sites is 6. The van der Waals surface area contributed by atoms with E-state index in [1.54, 1.807) is 0 Å². The van der Waals surface area contributed by atoms with E-state index in [4.69, 9.17) is 9.97 Å².